The van der Waals surface area contributed by atoms with Crippen LogP contribution < -0.4 is 0 Å². The molecule has 2 rings (SSSR count). The number of aromatic nitrogens is 2. The first-order valence-electron chi connectivity index (χ1n) is 10.0. The van der Waals surface area contributed by atoms with Crippen LogP contribution in [-0.2, 0) is 14.8 Å². The molecule has 0 bridgehead atoms. The number of hydrogen-bond donors (Lipinski definition) is 1. The lowest BCUT2D eigenvalue weighted by Gasteiger charge is -2.33. The summed E-state index contributed by atoms with van der Waals surface area (Å²) in [6.45, 7) is 3.19. The average Bonchev–Trinajstić information content (AvgIpc) is 2.80. The number of sulfonamides is 1. The maximum atomic E-state index is 13.3. The first kappa shape index (κ1) is 25.8. The standard InChI is InChI=1S/C21H29FN4O5S/c1-15(20(31-4)13-25(3)21(28)19-11-23-9-10-24-19)12-26(16(2)14-27)32(29,30)18-7-5-17(22)6-8-18/h5-11,15-16,20,27H,12-14H2,1-4H3/t15-,16+,20-/m1/s1. The summed E-state index contributed by atoms with van der Waals surface area (Å²) >= 11 is 0. The van der Waals surface area contributed by atoms with E-state index in [1.165, 1.54) is 47.0 Å². The van der Waals surface area contributed by atoms with E-state index in [1.54, 1.807) is 20.9 Å². The number of amides is 1. The fraction of sp³-hybridized carbons (Fsp3) is 0.476. The minimum atomic E-state index is -4.00. The average molecular weight is 469 g/mol. The van der Waals surface area contributed by atoms with Gasteiger partial charge in [-0.3, -0.25) is 9.78 Å². The Labute approximate surface area is 187 Å². The lowest BCUT2D eigenvalue weighted by Crippen LogP contribution is -2.47. The highest BCUT2D eigenvalue weighted by molar-refractivity contribution is 7.89. The highest BCUT2D eigenvalue weighted by Crippen LogP contribution is 2.22. The van der Waals surface area contributed by atoms with Gasteiger partial charge in [-0.05, 0) is 37.1 Å². The molecule has 1 N–H and O–H groups in total. The molecule has 3 atom stereocenters. The largest absolute Gasteiger partial charge is 0.395 e. The first-order valence-corrected chi connectivity index (χ1v) is 11.5. The second kappa shape index (κ2) is 11.4. The lowest BCUT2D eigenvalue weighted by molar-refractivity contribution is 0.0219. The van der Waals surface area contributed by atoms with Crippen LogP contribution >= 0.6 is 0 Å². The molecule has 0 spiro atoms. The molecular weight excluding hydrogens is 439 g/mol. The summed E-state index contributed by atoms with van der Waals surface area (Å²) in [6.07, 6.45) is 3.75. The number of nitrogens with zero attached hydrogens (tertiary/aromatic N) is 4. The van der Waals surface area contributed by atoms with Crippen molar-refractivity contribution in [3.63, 3.8) is 0 Å². The van der Waals surface area contributed by atoms with Gasteiger partial charge in [0.05, 0.1) is 23.8 Å². The maximum Gasteiger partial charge on any atom is 0.273 e. The summed E-state index contributed by atoms with van der Waals surface area (Å²) < 4.78 is 46.3. The van der Waals surface area contributed by atoms with E-state index in [9.17, 15) is 22.7 Å². The van der Waals surface area contributed by atoms with Crippen molar-refractivity contribution in [1.82, 2.24) is 19.2 Å². The molecule has 0 saturated heterocycles. The van der Waals surface area contributed by atoms with Gasteiger partial charge in [0, 0.05) is 45.7 Å². The zero-order valence-electron chi connectivity index (χ0n) is 18.6. The van der Waals surface area contributed by atoms with Crippen molar-refractivity contribution in [3.05, 3.63) is 54.4 Å². The van der Waals surface area contributed by atoms with Crippen LogP contribution in [0.25, 0.3) is 0 Å². The molecule has 176 valence electrons. The highest BCUT2D eigenvalue weighted by Gasteiger charge is 2.33. The molecule has 32 heavy (non-hydrogen) atoms. The van der Waals surface area contributed by atoms with Gasteiger partial charge in [0.15, 0.2) is 0 Å². The number of methoxy groups -OCH3 is 1. The van der Waals surface area contributed by atoms with Gasteiger partial charge in [0.1, 0.15) is 11.5 Å². The number of hydrogen-bond acceptors (Lipinski definition) is 7. The second-order valence-electron chi connectivity index (χ2n) is 7.59. The number of aliphatic hydroxyl groups is 1. The summed E-state index contributed by atoms with van der Waals surface area (Å²) in [5.74, 6) is -1.23. The number of aliphatic hydroxyl groups excluding tert-OH is 1. The molecule has 0 aliphatic carbocycles. The van der Waals surface area contributed by atoms with Crippen molar-refractivity contribution < 1.29 is 27.4 Å². The Hall–Kier alpha value is -2.47. The molecular formula is C21H29FN4O5S. The van der Waals surface area contributed by atoms with Crippen LogP contribution in [0.1, 0.15) is 24.3 Å². The van der Waals surface area contributed by atoms with Gasteiger partial charge in [0.25, 0.3) is 5.91 Å². The predicted molar refractivity (Wildman–Crippen MR) is 116 cm³/mol. The summed E-state index contributed by atoms with van der Waals surface area (Å²) in [5.41, 5.74) is 0.187. The van der Waals surface area contributed by atoms with Gasteiger partial charge in [-0.2, -0.15) is 4.31 Å². The third-order valence-electron chi connectivity index (χ3n) is 5.16. The van der Waals surface area contributed by atoms with Crippen LogP contribution in [0.15, 0.2) is 47.8 Å². The van der Waals surface area contributed by atoms with Crippen molar-refractivity contribution in [2.24, 2.45) is 5.92 Å². The van der Waals surface area contributed by atoms with Crippen LogP contribution in [0.2, 0.25) is 0 Å². The summed E-state index contributed by atoms with van der Waals surface area (Å²) in [7, 11) is -0.923. The monoisotopic (exact) mass is 468 g/mol. The van der Waals surface area contributed by atoms with E-state index < -0.39 is 34.6 Å². The molecule has 2 aromatic rings. The van der Waals surface area contributed by atoms with Gasteiger partial charge in [-0.25, -0.2) is 17.8 Å². The van der Waals surface area contributed by atoms with Crippen molar-refractivity contribution in [2.45, 2.75) is 30.9 Å². The van der Waals surface area contributed by atoms with E-state index in [0.29, 0.717) is 0 Å². The number of rotatable bonds is 11. The molecule has 0 fully saturated rings. The van der Waals surface area contributed by atoms with Gasteiger partial charge in [0.2, 0.25) is 10.0 Å². The molecule has 0 aliphatic heterocycles. The van der Waals surface area contributed by atoms with Crippen LogP contribution in [0.4, 0.5) is 4.39 Å². The Kier molecular flexibility index (Phi) is 9.20. The Bertz CT molecular complexity index is 975. The number of halogens is 1. The van der Waals surface area contributed by atoms with Crippen molar-refractivity contribution in [1.29, 1.82) is 0 Å². The smallest absolute Gasteiger partial charge is 0.273 e. The Morgan fingerprint density at radius 2 is 1.84 bits per heavy atom. The Morgan fingerprint density at radius 3 is 2.38 bits per heavy atom. The molecule has 0 unspecified atom stereocenters. The third-order valence-corrected chi connectivity index (χ3v) is 7.16. The van der Waals surface area contributed by atoms with Gasteiger partial charge in [-0.1, -0.05) is 6.92 Å². The van der Waals surface area contributed by atoms with E-state index in [0.717, 1.165) is 12.1 Å². The molecule has 1 heterocycles. The van der Waals surface area contributed by atoms with E-state index in [2.05, 4.69) is 9.97 Å². The fourth-order valence-corrected chi connectivity index (χ4v) is 4.92. The molecule has 1 amide bonds. The molecule has 0 aliphatic rings. The number of carbonyl (C=O) groups excluding carboxylic acids is 1. The third kappa shape index (κ3) is 6.28. The molecule has 1 aromatic carbocycles. The van der Waals surface area contributed by atoms with Crippen LogP contribution in [-0.4, -0.2) is 84.6 Å². The molecule has 11 heteroatoms. The van der Waals surface area contributed by atoms with Crippen molar-refractivity contribution in [3.8, 4) is 0 Å². The predicted octanol–water partition coefficient (Wildman–Crippen LogP) is 1.41. The summed E-state index contributed by atoms with van der Waals surface area (Å²) in [4.78, 5) is 21.8. The second-order valence-corrected chi connectivity index (χ2v) is 9.48. The van der Waals surface area contributed by atoms with Crippen LogP contribution in [0.3, 0.4) is 0 Å². The molecule has 1 aromatic heterocycles. The Balaban J connectivity index is 2.19. The topological polar surface area (TPSA) is 113 Å². The summed E-state index contributed by atoms with van der Waals surface area (Å²) in [5, 5.41) is 9.65. The van der Waals surface area contributed by atoms with E-state index in [1.807, 2.05) is 0 Å². The van der Waals surface area contributed by atoms with E-state index >= 15 is 0 Å². The van der Waals surface area contributed by atoms with E-state index in [4.69, 9.17) is 4.74 Å². The highest BCUT2D eigenvalue weighted by atomic mass is 32.2. The zero-order chi connectivity index (χ0) is 23.9. The van der Waals surface area contributed by atoms with Crippen molar-refractivity contribution in [2.75, 3.05) is 33.9 Å². The number of carbonyl (C=O) groups is 1. The van der Waals surface area contributed by atoms with Gasteiger partial charge in [-0.15, -0.1) is 0 Å². The van der Waals surface area contributed by atoms with Crippen LogP contribution in [0, 0.1) is 11.7 Å². The SMILES string of the molecule is CO[C@H](CN(C)C(=O)c1cnccn1)[C@H](C)CN([C@@H](C)CO)S(=O)(=O)c1ccc(F)cc1. The zero-order valence-corrected chi connectivity index (χ0v) is 19.4. The fourth-order valence-electron chi connectivity index (χ4n) is 3.19. The van der Waals surface area contributed by atoms with Gasteiger partial charge >= 0.3 is 0 Å². The van der Waals surface area contributed by atoms with E-state index in [-0.39, 0.29) is 35.5 Å². The lowest BCUT2D eigenvalue weighted by atomic mass is 10.0. The minimum Gasteiger partial charge on any atom is -0.395 e. The normalized spacial score (nSPS) is 14.7. The number of ether oxygens (including phenoxy) is 1. The quantitative estimate of drug-likeness (QED) is 0.531. The van der Waals surface area contributed by atoms with Crippen molar-refractivity contribution >= 4 is 15.9 Å². The van der Waals surface area contributed by atoms with Crippen LogP contribution in [0.5, 0.6) is 0 Å². The number of benzene rings is 1. The minimum absolute atomic E-state index is 0.0209. The summed E-state index contributed by atoms with van der Waals surface area (Å²) in [6, 6.07) is 3.80. The maximum absolute atomic E-state index is 13.3. The molecule has 9 nitrogen and oxygen atoms in total. The first-order chi connectivity index (χ1) is 15.1. The Morgan fingerprint density at radius 1 is 1.19 bits per heavy atom. The number of likely N-dealkylation sites (N-methyl/N-ethyl adjacent to an activating group) is 1. The molecule has 0 radical (unpaired) electrons. The molecule has 0 saturated carbocycles. The van der Waals surface area contributed by atoms with Gasteiger partial charge < -0.3 is 14.7 Å².